The van der Waals surface area contributed by atoms with Gasteiger partial charge in [-0.15, -0.1) is 0 Å². The van der Waals surface area contributed by atoms with Gasteiger partial charge in [0.1, 0.15) is 0 Å². The molecule has 0 spiro atoms. The average molecular weight is 245 g/mol. The van der Waals surface area contributed by atoms with Crippen LogP contribution in [0.4, 0.5) is 11.4 Å². The minimum absolute atomic E-state index is 0.0143. The van der Waals surface area contributed by atoms with Gasteiger partial charge in [-0.2, -0.15) is 0 Å². The largest absolute Gasteiger partial charge is 0.373 e. The van der Waals surface area contributed by atoms with Crippen molar-refractivity contribution in [2.75, 3.05) is 30.4 Å². The van der Waals surface area contributed by atoms with Crippen molar-refractivity contribution >= 4 is 17.3 Å². The van der Waals surface area contributed by atoms with Gasteiger partial charge in [0.2, 0.25) is 5.91 Å². The molecule has 2 N–H and O–H groups in total. The number of rotatable bonds is 3. The Labute approximate surface area is 107 Å². The van der Waals surface area contributed by atoms with Gasteiger partial charge in [0, 0.05) is 37.6 Å². The lowest BCUT2D eigenvalue weighted by molar-refractivity contribution is -0.117. The second kappa shape index (κ2) is 3.72. The Morgan fingerprint density at radius 1 is 1.44 bits per heavy atom. The van der Waals surface area contributed by atoms with E-state index in [0.717, 1.165) is 36.3 Å². The summed E-state index contributed by atoms with van der Waals surface area (Å²) in [5.41, 5.74) is 9.45. The van der Waals surface area contributed by atoms with E-state index in [-0.39, 0.29) is 11.4 Å². The van der Waals surface area contributed by atoms with Crippen LogP contribution in [0.2, 0.25) is 0 Å². The summed E-state index contributed by atoms with van der Waals surface area (Å²) in [6, 6.07) is 6.21. The van der Waals surface area contributed by atoms with Gasteiger partial charge in [-0.3, -0.25) is 4.79 Å². The van der Waals surface area contributed by atoms with Crippen LogP contribution in [0, 0.1) is 0 Å². The van der Waals surface area contributed by atoms with Crippen molar-refractivity contribution in [1.29, 1.82) is 0 Å². The lowest BCUT2D eigenvalue weighted by atomic mass is 10.1. The molecule has 96 valence electrons. The molecular weight excluding hydrogens is 226 g/mol. The quantitative estimate of drug-likeness (QED) is 0.868. The van der Waals surface area contributed by atoms with Crippen LogP contribution in [-0.2, 0) is 11.2 Å². The molecule has 0 unspecified atom stereocenters. The van der Waals surface area contributed by atoms with Crippen LogP contribution < -0.4 is 15.5 Å². The number of amides is 1. The number of benzene rings is 1. The highest BCUT2D eigenvalue weighted by Crippen LogP contribution is 2.35. The first-order valence-corrected chi connectivity index (χ1v) is 6.38. The lowest BCUT2D eigenvalue weighted by Crippen LogP contribution is -2.37. The summed E-state index contributed by atoms with van der Waals surface area (Å²) < 4.78 is 0. The molecule has 1 aromatic rings. The van der Waals surface area contributed by atoms with Gasteiger partial charge in [-0.05, 0) is 36.6 Å². The predicted molar refractivity (Wildman–Crippen MR) is 73.0 cm³/mol. The smallest absolute Gasteiger partial charge is 0.231 e. The van der Waals surface area contributed by atoms with Crippen LogP contribution in [0.15, 0.2) is 18.2 Å². The van der Waals surface area contributed by atoms with Gasteiger partial charge in [0.25, 0.3) is 0 Å². The van der Waals surface area contributed by atoms with Gasteiger partial charge in [0.15, 0.2) is 0 Å². The number of carbonyl (C=O) groups excluding carboxylic acids is 1. The molecule has 1 aromatic carbocycles. The van der Waals surface area contributed by atoms with Gasteiger partial charge in [0.05, 0.1) is 6.42 Å². The maximum atomic E-state index is 11.6. The Morgan fingerprint density at radius 3 is 2.83 bits per heavy atom. The summed E-state index contributed by atoms with van der Waals surface area (Å²) >= 11 is 0. The zero-order chi connectivity index (χ0) is 12.9. The number of likely N-dealkylation sites (N-methyl/N-ethyl adjacent to an activating group) is 2. The summed E-state index contributed by atoms with van der Waals surface area (Å²) in [4.78, 5) is 15.6. The van der Waals surface area contributed by atoms with Gasteiger partial charge < -0.3 is 15.5 Å². The highest BCUT2D eigenvalue weighted by atomic mass is 16.2. The first kappa shape index (κ1) is 11.5. The van der Waals surface area contributed by atoms with E-state index in [2.05, 4.69) is 24.1 Å². The highest BCUT2D eigenvalue weighted by molar-refractivity contribution is 6.01. The first-order chi connectivity index (χ1) is 8.48. The Kier molecular flexibility index (Phi) is 2.38. The van der Waals surface area contributed by atoms with E-state index in [1.54, 1.807) is 4.90 Å². The minimum atomic E-state index is 0.0143. The van der Waals surface area contributed by atoms with Gasteiger partial charge >= 0.3 is 0 Å². The van der Waals surface area contributed by atoms with Crippen molar-refractivity contribution in [3.8, 4) is 0 Å². The Morgan fingerprint density at radius 2 is 2.17 bits per heavy atom. The van der Waals surface area contributed by atoms with Crippen LogP contribution in [0.5, 0.6) is 0 Å². The molecule has 1 amide bonds. The fraction of sp³-hybridized carbons (Fsp3) is 0.500. The number of carbonyl (C=O) groups is 1. The molecule has 1 aliphatic heterocycles. The average Bonchev–Trinajstić information content (AvgIpc) is 2.98. The predicted octanol–water partition coefficient (Wildman–Crippen LogP) is 1.13. The molecule has 18 heavy (non-hydrogen) atoms. The second-order valence-corrected chi connectivity index (χ2v) is 5.66. The van der Waals surface area contributed by atoms with Crippen LogP contribution in [-0.4, -0.2) is 32.1 Å². The van der Waals surface area contributed by atoms with E-state index in [1.165, 1.54) is 0 Å². The standard InChI is InChI=1S/C14H19N3O/c1-16(9-14(15)5-6-14)11-3-4-12-10(7-11)8-13(18)17(12)2/h3-4,7H,5-6,8-9,15H2,1-2H3. The van der Waals surface area contributed by atoms with E-state index >= 15 is 0 Å². The first-order valence-electron chi connectivity index (χ1n) is 6.38. The topological polar surface area (TPSA) is 49.6 Å². The molecule has 4 nitrogen and oxygen atoms in total. The molecule has 0 saturated heterocycles. The number of nitrogens with zero attached hydrogens (tertiary/aromatic N) is 2. The number of anilines is 2. The summed E-state index contributed by atoms with van der Waals surface area (Å²) in [5, 5.41) is 0. The molecule has 1 aliphatic carbocycles. The molecule has 3 rings (SSSR count). The summed E-state index contributed by atoms with van der Waals surface area (Å²) in [6.07, 6.45) is 2.74. The van der Waals surface area contributed by atoms with Crippen LogP contribution in [0.1, 0.15) is 18.4 Å². The van der Waals surface area contributed by atoms with Gasteiger partial charge in [-0.25, -0.2) is 0 Å². The third-order valence-electron chi connectivity index (χ3n) is 4.03. The second-order valence-electron chi connectivity index (χ2n) is 5.66. The van der Waals surface area contributed by atoms with E-state index < -0.39 is 0 Å². The summed E-state index contributed by atoms with van der Waals surface area (Å²) in [7, 11) is 3.89. The fourth-order valence-electron chi connectivity index (χ4n) is 2.58. The van der Waals surface area contributed by atoms with E-state index in [0.29, 0.717) is 6.42 Å². The van der Waals surface area contributed by atoms with E-state index in [9.17, 15) is 4.79 Å². The molecule has 1 heterocycles. The van der Waals surface area contributed by atoms with Crippen LogP contribution in [0.3, 0.4) is 0 Å². The van der Waals surface area contributed by atoms with Crippen molar-refractivity contribution in [3.05, 3.63) is 23.8 Å². The van der Waals surface area contributed by atoms with Gasteiger partial charge in [-0.1, -0.05) is 0 Å². The Bertz CT molecular complexity index is 508. The number of hydrogen-bond acceptors (Lipinski definition) is 3. The van der Waals surface area contributed by atoms with Crippen LogP contribution in [0.25, 0.3) is 0 Å². The molecule has 0 aromatic heterocycles. The molecule has 1 saturated carbocycles. The molecule has 0 radical (unpaired) electrons. The number of hydrogen-bond donors (Lipinski definition) is 1. The van der Waals surface area contributed by atoms with Crippen molar-refractivity contribution in [3.63, 3.8) is 0 Å². The molecule has 2 aliphatic rings. The SMILES string of the molecule is CN(CC1(N)CC1)c1ccc2c(c1)CC(=O)N2C. The minimum Gasteiger partial charge on any atom is -0.373 e. The maximum Gasteiger partial charge on any atom is 0.231 e. The summed E-state index contributed by atoms with van der Waals surface area (Å²) in [6.45, 7) is 0.884. The van der Waals surface area contributed by atoms with Crippen molar-refractivity contribution in [1.82, 2.24) is 0 Å². The molecule has 0 bridgehead atoms. The normalized spacial score (nSPS) is 19.9. The van der Waals surface area contributed by atoms with Crippen molar-refractivity contribution in [2.45, 2.75) is 24.8 Å². The van der Waals surface area contributed by atoms with Crippen molar-refractivity contribution < 1.29 is 4.79 Å². The monoisotopic (exact) mass is 245 g/mol. The lowest BCUT2D eigenvalue weighted by Gasteiger charge is -2.24. The zero-order valence-electron chi connectivity index (χ0n) is 10.9. The third kappa shape index (κ3) is 1.86. The van der Waals surface area contributed by atoms with Crippen molar-refractivity contribution in [2.24, 2.45) is 5.73 Å². The maximum absolute atomic E-state index is 11.6. The molecular formula is C14H19N3O. The van der Waals surface area contributed by atoms with E-state index in [1.807, 2.05) is 13.1 Å². The number of fused-ring (bicyclic) bond motifs is 1. The fourth-order valence-corrected chi connectivity index (χ4v) is 2.58. The Hall–Kier alpha value is -1.55. The van der Waals surface area contributed by atoms with E-state index in [4.69, 9.17) is 5.73 Å². The third-order valence-corrected chi connectivity index (χ3v) is 4.03. The molecule has 0 atom stereocenters. The molecule has 1 fully saturated rings. The Balaban J connectivity index is 1.82. The highest BCUT2D eigenvalue weighted by Gasteiger charge is 2.39. The summed E-state index contributed by atoms with van der Waals surface area (Å²) in [5.74, 6) is 0.169. The zero-order valence-corrected chi connectivity index (χ0v) is 10.9. The van der Waals surface area contributed by atoms with Crippen LogP contribution >= 0.6 is 0 Å². The number of nitrogens with two attached hydrogens (primary N) is 1. The molecule has 4 heteroatoms.